The van der Waals surface area contributed by atoms with Crippen LogP contribution in [0.5, 0.6) is 0 Å². The molecule has 1 heterocycles. The summed E-state index contributed by atoms with van der Waals surface area (Å²) in [7, 11) is 0. The Kier molecular flexibility index (Phi) is 4.76. The van der Waals surface area contributed by atoms with Gasteiger partial charge in [0.15, 0.2) is 5.13 Å². The van der Waals surface area contributed by atoms with Crippen molar-refractivity contribution in [1.29, 1.82) is 0 Å². The van der Waals surface area contributed by atoms with Crippen molar-refractivity contribution >= 4 is 33.8 Å². The summed E-state index contributed by atoms with van der Waals surface area (Å²) in [5, 5.41) is 6.34. The van der Waals surface area contributed by atoms with E-state index in [0.717, 1.165) is 0 Å². The third kappa shape index (κ3) is 4.00. The average Bonchev–Trinajstić information content (AvgIpc) is 2.93. The number of thiazole rings is 1. The molecule has 7 heteroatoms. The third-order valence-electron chi connectivity index (χ3n) is 3.53. The Labute approximate surface area is 147 Å². The molecule has 0 spiro atoms. The summed E-state index contributed by atoms with van der Waals surface area (Å²) in [5.41, 5.74) is 2.44. The van der Waals surface area contributed by atoms with Gasteiger partial charge in [-0.2, -0.15) is 0 Å². The van der Waals surface area contributed by atoms with E-state index < -0.39 is 0 Å². The van der Waals surface area contributed by atoms with E-state index in [2.05, 4.69) is 15.6 Å². The Hall–Kier alpha value is -2.80. The van der Waals surface area contributed by atoms with Crippen molar-refractivity contribution in [2.75, 3.05) is 10.6 Å². The number of nitrogens with one attached hydrogen (secondary N) is 2. The van der Waals surface area contributed by atoms with Crippen LogP contribution in [0.15, 0.2) is 42.5 Å². The zero-order valence-corrected chi connectivity index (χ0v) is 14.4. The molecule has 0 saturated carbocycles. The summed E-state index contributed by atoms with van der Waals surface area (Å²) < 4.78 is 26.1. The van der Waals surface area contributed by atoms with Gasteiger partial charge < -0.3 is 10.6 Å². The predicted molar refractivity (Wildman–Crippen MR) is 95.6 cm³/mol. The van der Waals surface area contributed by atoms with Gasteiger partial charge in [-0.15, -0.1) is 0 Å². The van der Waals surface area contributed by atoms with Gasteiger partial charge in [-0.1, -0.05) is 11.3 Å². The van der Waals surface area contributed by atoms with Crippen LogP contribution in [0.2, 0.25) is 0 Å². The molecular formula is C18H15F2N3OS. The Morgan fingerprint density at radius 1 is 1.04 bits per heavy atom. The molecule has 3 aromatic rings. The number of aryl methyl sites for hydroxylation is 2. The highest BCUT2D eigenvalue weighted by Gasteiger charge is 2.16. The van der Waals surface area contributed by atoms with Crippen molar-refractivity contribution in [1.82, 2.24) is 4.98 Å². The van der Waals surface area contributed by atoms with Gasteiger partial charge >= 0.3 is 0 Å². The molecule has 4 nitrogen and oxygen atoms in total. The first-order valence-electron chi connectivity index (χ1n) is 7.50. The van der Waals surface area contributed by atoms with Crippen LogP contribution in [0, 0.1) is 25.5 Å². The van der Waals surface area contributed by atoms with Crippen LogP contribution < -0.4 is 10.6 Å². The van der Waals surface area contributed by atoms with Gasteiger partial charge in [-0.25, -0.2) is 13.8 Å². The fourth-order valence-corrected chi connectivity index (χ4v) is 3.15. The number of anilines is 3. The molecule has 0 aliphatic rings. The van der Waals surface area contributed by atoms with E-state index in [-0.39, 0.29) is 17.5 Å². The van der Waals surface area contributed by atoms with E-state index in [1.54, 1.807) is 26.0 Å². The Morgan fingerprint density at radius 2 is 1.72 bits per heavy atom. The molecule has 1 amide bonds. The quantitative estimate of drug-likeness (QED) is 0.687. The average molecular weight is 359 g/mol. The molecule has 0 bridgehead atoms. The zero-order chi connectivity index (χ0) is 18.0. The second kappa shape index (κ2) is 6.98. The van der Waals surface area contributed by atoms with Crippen molar-refractivity contribution in [2.24, 2.45) is 0 Å². The molecule has 0 aliphatic carbocycles. The number of carbonyl (C=O) groups is 1. The van der Waals surface area contributed by atoms with Gasteiger partial charge in [-0.3, -0.25) is 4.79 Å². The largest absolute Gasteiger partial charge is 0.332 e. The fraction of sp³-hybridized carbons (Fsp3) is 0.111. The number of hydrogen-bond acceptors (Lipinski definition) is 4. The van der Waals surface area contributed by atoms with Crippen LogP contribution in [-0.2, 0) is 0 Å². The van der Waals surface area contributed by atoms with Crippen molar-refractivity contribution < 1.29 is 13.6 Å². The molecule has 0 saturated heterocycles. The molecular weight excluding hydrogens is 344 g/mol. The summed E-state index contributed by atoms with van der Waals surface area (Å²) in [4.78, 5) is 17.2. The minimum absolute atomic E-state index is 0.308. The van der Waals surface area contributed by atoms with Crippen molar-refractivity contribution in [2.45, 2.75) is 13.8 Å². The number of nitrogens with zero attached hydrogens (tertiary/aromatic N) is 1. The van der Waals surface area contributed by atoms with Gasteiger partial charge in [0, 0.05) is 11.4 Å². The smallest absolute Gasteiger partial charge is 0.267 e. The first-order valence-corrected chi connectivity index (χ1v) is 8.31. The first kappa shape index (κ1) is 17.0. The number of carbonyl (C=O) groups excluding carboxylic acids is 1. The standard InChI is InChI=1S/C18H15F2N3OS/c1-10-9-13(20)5-8-15(10)23-17(24)16-11(2)21-18(25-16)22-14-6-3-12(19)4-7-14/h3-9H,1-2H3,(H,21,22)(H,23,24). The molecule has 0 unspecified atom stereocenters. The molecule has 128 valence electrons. The van der Waals surface area contributed by atoms with Gasteiger partial charge in [0.1, 0.15) is 16.5 Å². The zero-order valence-electron chi connectivity index (χ0n) is 13.6. The number of hydrogen-bond donors (Lipinski definition) is 2. The van der Waals surface area contributed by atoms with Crippen molar-refractivity contribution in [3.05, 3.63) is 70.2 Å². The molecule has 3 rings (SSSR count). The second-order valence-corrected chi connectivity index (χ2v) is 6.48. The van der Waals surface area contributed by atoms with Gasteiger partial charge in [0.25, 0.3) is 5.91 Å². The lowest BCUT2D eigenvalue weighted by Gasteiger charge is -2.07. The number of aromatic nitrogens is 1. The van der Waals surface area contributed by atoms with Crippen LogP contribution in [0.4, 0.5) is 25.3 Å². The number of halogens is 2. The maximum atomic E-state index is 13.2. The van der Waals surface area contributed by atoms with Crippen molar-refractivity contribution in [3.8, 4) is 0 Å². The highest BCUT2D eigenvalue weighted by Crippen LogP contribution is 2.27. The lowest BCUT2D eigenvalue weighted by Crippen LogP contribution is -2.12. The predicted octanol–water partition coefficient (Wildman–Crippen LogP) is 5.03. The third-order valence-corrected chi connectivity index (χ3v) is 4.61. The lowest BCUT2D eigenvalue weighted by molar-refractivity contribution is 0.102. The second-order valence-electron chi connectivity index (χ2n) is 5.48. The first-order chi connectivity index (χ1) is 11.9. The highest BCUT2D eigenvalue weighted by molar-refractivity contribution is 7.17. The molecule has 0 fully saturated rings. The minimum Gasteiger partial charge on any atom is -0.332 e. The van der Waals surface area contributed by atoms with Crippen LogP contribution in [0.3, 0.4) is 0 Å². The number of benzene rings is 2. The lowest BCUT2D eigenvalue weighted by atomic mass is 10.2. The van der Waals surface area contributed by atoms with E-state index in [1.807, 2.05) is 0 Å². The van der Waals surface area contributed by atoms with Crippen molar-refractivity contribution in [3.63, 3.8) is 0 Å². The van der Waals surface area contributed by atoms with E-state index in [1.165, 1.54) is 41.7 Å². The van der Waals surface area contributed by atoms with Gasteiger partial charge in [-0.05, 0) is 61.9 Å². The monoisotopic (exact) mass is 359 g/mol. The Morgan fingerprint density at radius 3 is 2.40 bits per heavy atom. The van der Waals surface area contributed by atoms with Gasteiger partial charge in [0.05, 0.1) is 5.69 Å². The Bertz CT molecular complexity index is 923. The maximum Gasteiger partial charge on any atom is 0.267 e. The van der Waals surface area contributed by atoms with E-state index >= 15 is 0 Å². The molecule has 0 aliphatic heterocycles. The fourth-order valence-electron chi connectivity index (χ4n) is 2.26. The number of rotatable bonds is 4. The minimum atomic E-state index is -0.352. The highest BCUT2D eigenvalue weighted by atomic mass is 32.1. The molecule has 2 aromatic carbocycles. The summed E-state index contributed by atoms with van der Waals surface area (Å²) >= 11 is 1.19. The van der Waals surface area contributed by atoms with Crippen LogP contribution >= 0.6 is 11.3 Å². The summed E-state index contributed by atoms with van der Waals surface area (Å²) in [6, 6.07) is 10.0. The number of amides is 1. The van der Waals surface area contributed by atoms with Crippen LogP contribution in [0.1, 0.15) is 20.9 Å². The Balaban J connectivity index is 1.77. The topological polar surface area (TPSA) is 54.0 Å². The maximum absolute atomic E-state index is 13.2. The molecule has 1 aromatic heterocycles. The van der Waals surface area contributed by atoms with E-state index in [9.17, 15) is 13.6 Å². The van der Waals surface area contributed by atoms with Crippen LogP contribution in [-0.4, -0.2) is 10.9 Å². The summed E-state index contributed by atoms with van der Waals surface area (Å²) in [6.45, 7) is 3.46. The molecule has 0 atom stereocenters. The summed E-state index contributed by atoms with van der Waals surface area (Å²) in [5.74, 6) is -0.984. The van der Waals surface area contributed by atoms with Gasteiger partial charge in [0.2, 0.25) is 0 Å². The molecule has 0 radical (unpaired) electrons. The normalized spacial score (nSPS) is 10.6. The SMILES string of the molecule is Cc1cc(F)ccc1NC(=O)c1sc(Nc2ccc(F)cc2)nc1C. The van der Waals surface area contributed by atoms with Crippen LogP contribution in [0.25, 0.3) is 0 Å². The molecule has 2 N–H and O–H groups in total. The van der Waals surface area contributed by atoms with E-state index in [0.29, 0.717) is 32.6 Å². The summed E-state index contributed by atoms with van der Waals surface area (Å²) in [6.07, 6.45) is 0. The van der Waals surface area contributed by atoms with E-state index in [4.69, 9.17) is 0 Å². The molecule has 25 heavy (non-hydrogen) atoms.